The minimum absolute atomic E-state index is 0.150. The molecule has 2 aliphatic rings. The average molecular weight is 232 g/mol. The second kappa shape index (κ2) is 4.71. The topological polar surface area (TPSA) is 40.5 Å². The molecule has 1 N–H and O–H groups in total. The van der Waals surface area contributed by atoms with E-state index in [0.717, 1.165) is 32.2 Å². The number of rotatable bonds is 2. The number of nitrogens with zero attached hydrogens (tertiary/aromatic N) is 1. The lowest BCUT2D eigenvalue weighted by Gasteiger charge is -2.33. The van der Waals surface area contributed by atoms with Gasteiger partial charge in [0.25, 0.3) is 0 Å². The lowest BCUT2D eigenvalue weighted by molar-refractivity contribution is -0.130. The first kappa shape index (κ1) is 11.2. The van der Waals surface area contributed by atoms with Crippen LogP contribution in [0.5, 0.6) is 0 Å². The van der Waals surface area contributed by atoms with E-state index in [-0.39, 0.29) is 12.0 Å². The van der Waals surface area contributed by atoms with Crippen LogP contribution in [-0.2, 0) is 4.79 Å². The molecule has 3 nitrogen and oxygen atoms in total. The standard InChI is InChI=1S/C11H18ClNO2/c12-6-8-5-11(15)13(7-8)9-1-3-10(14)4-2-9/h8-10,14H,1-7H2. The fourth-order valence-electron chi connectivity index (χ4n) is 2.63. The quantitative estimate of drug-likeness (QED) is 0.730. The van der Waals surface area contributed by atoms with Crippen LogP contribution >= 0.6 is 11.6 Å². The summed E-state index contributed by atoms with van der Waals surface area (Å²) >= 11 is 5.78. The number of hydrogen-bond acceptors (Lipinski definition) is 2. The van der Waals surface area contributed by atoms with Gasteiger partial charge < -0.3 is 10.0 Å². The predicted molar refractivity (Wildman–Crippen MR) is 58.8 cm³/mol. The monoisotopic (exact) mass is 231 g/mol. The largest absolute Gasteiger partial charge is 0.393 e. The lowest BCUT2D eigenvalue weighted by atomic mass is 9.92. The molecule has 2 fully saturated rings. The Morgan fingerprint density at radius 2 is 2.00 bits per heavy atom. The van der Waals surface area contributed by atoms with Crippen LogP contribution in [0, 0.1) is 5.92 Å². The molecule has 0 bridgehead atoms. The third-order valence-corrected chi connectivity index (χ3v) is 4.00. The maximum atomic E-state index is 11.7. The molecule has 86 valence electrons. The molecule has 1 heterocycles. The molecule has 4 heteroatoms. The minimum Gasteiger partial charge on any atom is -0.393 e. The number of likely N-dealkylation sites (tertiary alicyclic amines) is 1. The highest BCUT2D eigenvalue weighted by molar-refractivity contribution is 6.18. The molecule has 0 aromatic heterocycles. The van der Waals surface area contributed by atoms with Gasteiger partial charge in [0, 0.05) is 24.9 Å². The summed E-state index contributed by atoms with van der Waals surface area (Å²) in [6, 6.07) is 0.356. The Bertz CT molecular complexity index is 239. The Labute approximate surface area is 95.4 Å². The van der Waals surface area contributed by atoms with Gasteiger partial charge in [0.2, 0.25) is 5.91 Å². The first-order valence-corrected chi connectivity index (χ1v) is 6.27. The molecule has 1 aliphatic carbocycles. The van der Waals surface area contributed by atoms with Crippen molar-refractivity contribution in [1.82, 2.24) is 4.90 Å². The number of hydrogen-bond donors (Lipinski definition) is 1. The number of amides is 1. The first-order valence-electron chi connectivity index (χ1n) is 5.74. The summed E-state index contributed by atoms with van der Waals surface area (Å²) in [5.41, 5.74) is 0. The van der Waals surface area contributed by atoms with Gasteiger partial charge in [-0.25, -0.2) is 0 Å². The second-order valence-corrected chi connectivity index (χ2v) is 5.04. The molecule has 1 amide bonds. The summed E-state index contributed by atoms with van der Waals surface area (Å²) in [5, 5.41) is 9.41. The van der Waals surface area contributed by atoms with Gasteiger partial charge in [0.15, 0.2) is 0 Å². The number of alkyl halides is 1. The van der Waals surface area contributed by atoms with Crippen molar-refractivity contribution < 1.29 is 9.90 Å². The molecule has 1 saturated carbocycles. The summed E-state index contributed by atoms with van der Waals surface area (Å²) in [4.78, 5) is 13.7. The highest BCUT2D eigenvalue weighted by Gasteiger charge is 2.35. The van der Waals surface area contributed by atoms with E-state index in [1.165, 1.54) is 0 Å². The normalized spacial score (nSPS) is 37.3. The van der Waals surface area contributed by atoms with Gasteiger partial charge >= 0.3 is 0 Å². The van der Waals surface area contributed by atoms with Gasteiger partial charge in [-0.2, -0.15) is 0 Å². The molecule has 15 heavy (non-hydrogen) atoms. The Morgan fingerprint density at radius 1 is 1.33 bits per heavy atom. The molecule has 1 unspecified atom stereocenters. The number of aliphatic hydroxyl groups is 1. The molecular formula is C11H18ClNO2. The van der Waals surface area contributed by atoms with Crippen LogP contribution in [0.1, 0.15) is 32.1 Å². The van der Waals surface area contributed by atoms with E-state index in [0.29, 0.717) is 24.3 Å². The van der Waals surface area contributed by atoms with Gasteiger partial charge in [-0.3, -0.25) is 4.79 Å². The number of carbonyl (C=O) groups is 1. The molecule has 0 aromatic rings. The molecule has 1 aliphatic heterocycles. The van der Waals surface area contributed by atoms with E-state index in [4.69, 9.17) is 11.6 Å². The van der Waals surface area contributed by atoms with Gasteiger partial charge in [-0.05, 0) is 31.6 Å². The summed E-state index contributed by atoms with van der Waals surface area (Å²) in [5.74, 6) is 1.17. The SMILES string of the molecule is O=C1CC(CCl)CN1C1CCC(O)CC1. The minimum atomic E-state index is -0.150. The first-order chi connectivity index (χ1) is 7.20. The zero-order chi connectivity index (χ0) is 10.8. The highest BCUT2D eigenvalue weighted by Crippen LogP contribution is 2.29. The van der Waals surface area contributed by atoms with Crippen molar-refractivity contribution in [3.05, 3.63) is 0 Å². The second-order valence-electron chi connectivity index (χ2n) is 4.73. The highest BCUT2D eigenvalue weighted by atomic mass is 35.5. The summed E-state index contributed by atoms with van der Waals surface area (Å²) < 4.78 is 0. The van der Waals surface area contributed by atoms with Crippen molar-refractivity contribution in [3.8, 4) is 0 Å². The van der Waals surface area contributed by atoms with Crippen LogP contribution < -0.4 is 0 Å². The van der Waals surface area contributed by atoms with Crippen molar-refractivity contribution in [2.45, 2.75) is 44.2 Å². The molecule has 0 radical (unpaired) electrons. The fourth-order valence-corrected chi connectivity index (χ4v) is 2.84. The van der Waals surface area contributed by atoms with Crippen LogP contribution in [0.4, 0.5) is 0 Å². The predicted octanol–water partition coefficient (Wildman–Crippen LogP) is 1.38. The number of halogens is 1. The summed E-state index contributed by atoms with van der Waals surface area (Å²) in [6.07, 6.45) is 4.02. The van der Waals surface area contributed by atoms with Crippen molar-refractivity contribution in [2.75, 3.05) is 12.4 Å². The Hall–Kier alpha value is -0.280. The molecule has 1 saturated heterocycles. The van der Waals surface area contributed by atoms with Gasteiger partial charge in [-0.15, -0.1) is 11.6 Å². The Morgan fingerprint density at radius 3 is 2.53 bits per heavy atom. The van der Waals surface area contributed by atoms with Crippen molar-refractivity contribution in [3.63, 3.8) is 0 Å². The zero-order valence-electron chi connectivity index (χ0n) is 8.86. The van der Waals surface area contributed by atoms with E-state index in [1.807, 2.05) is 4.90 Å². The third-order valence-electron chi connectivity index (χ3n) is 3.56. The van der Waals surface area contributed by atoms with Gasteiger partial charge in [0.1, 0.15) is 0 Å². The fraction of sp³-hybridized carbons (Fsp3) is 0.909. The van der Waals surface area contributed by atoms with Gasteiger partial charge in [-0.1, -0.05) is 0 Å². The van der Waals surface area contributed by atoms with Gasteiger partial charge in [0.05, 0.1) is 6.10 Å². The van der Waals surface area contributed by atoms with E-state index < -0.39 is 0 Å². The van der Waals surface area contributed by atoms with E-state index in [9.17, 15) is 9.90 Å². The molecule has 0 spiro atoms. The van der Waals surface area contributed by atoms with Crippen LogP contribution in [0.2, 0.25) is 0 Å². The molecule has 2 rings (SSSR count). The van der Waals surface area contributed by atoms with E-state index in [2.05, 4.69) is 0 Å². The zero-order valence-corrected chi connectivity index (χ0v) is 9.62. The number of carbonyl (C=O) groups excluding carboxylic acids is 1. The van der Waals surface area contributed by atoms with Crippen LogP contribution in [0.15, 0.2) is 0 Å². The van der Waals surface area contributed by atoms with E-state index >= 15 is 0 Å². The van der Waals surface area contributed by atoms with Crippen LogP contribution in [0.3, 0.4) is 0 Å². The van der Waals surface area contributed by atoms with Crippen LogP contribution in [0.25, 0.3) is 0 Å². The van der Waals surface area contributed by atoms with Crippen molar-refractivity contribution in [1.29, 1.82) is 0 Å². The van der Waals surface area contributed by atoms with Crippen molar-refractivity contribution >= 4 is 17.5 Å². The molecule has 0 aromatic carbocycles. The van der Waals surface area contributed by atoms with E-state index in [1.54, 1.807) is 0 Å². The molecular weight excluding hydrogens is 214 g/mol. The summed E-state index contributed by atoms with van der Waals surface area (Å²) in [6.45, 7) is 0.823. The Balaban J connectivity index is 1.91. The van der Waals surface area contributed by atoms with Crippen molar-refractivity contribution in [2.24, 2.45) is 5.92 Å². The smallest absolute Gasteiger partial charge is 0.223 e. The van der Waals surface area contributed by atoms with Crippen LogP contribution in [-0.4, -0.2) is 40.5 Å². The molecule has 1 atom stereocenters. The third kappa shape index (κ3) is 2.45. The summed E-state index contributed by atoms with van der Waals surface area (Å²) in [7, 11) is 0. The number of aliphatic hydroxyl groups excluding tert-OH is 1. The average Bonchev–Trinajstić information content (AvgIpc) is 2.61. The maximum absolute atomic E-state index is 11.7. The lowest BCUT2D eigenvalue weighted by Crippen LogP contribution is -2.40. The Kier molecular flexibility index (Phi) is 3.52. The maximum Gasteiger partial charge on any atom is 0.223 e.